The second kappa shape index (κ2) is 5.38. The van der Waals surface area contributed by atoms with E-state index in [0.717, 1.165) is 5.56 Å². The van der Waals surface area contributed by atoms with E-state index in [9.17, 15) is 9.59 Å². The summed E-state index contributed by atoms with van der Waals surface area (Å²) in [7, 11) is 0. The molecule has 2 aliphatic rings. The lowest BCUT2D eigenvalue weighted by Gasteiger charge is -2.41. The summed E-state index contributed by atoms with van der Waals surface area (Å²) in [6, 6.07) is 7.74. The van der Waals surface area contributed by atoms with Crippen molar-refractivity contribution in [2.45, 2.75) is 17.0 Å². The minimum atomic E-state index is -1.06. The van der Waals surface area contributed by atoms with Crippen LogP contribution in [0, 0.1) is 0 Å². The molecule has 1 aliphatic carbocycles. The van der Waals surface area contributed by atoms with Crippen molar-refractivity contribution in [3.8, 4) is 0 Å². The molecule has 22 heavy (non-hydrogen) atoms. The number of fused-ring (bicyclic) bond motifs is 1. The fourth-order valence-electron chi connectivity index (χ4n) is 2.89. The summed E-state index contributed by atoms with van der Waals surface area (Å²) in [5.74, 6) is 0. The second-order valence-electron chi connectivity index (χ2n) is 5.21. The molecule has 5 N–H and O–H groups in total. The van der Waals surface area contributed by atoms with Crippen LogP contribution in [0.15, 0.2) is 54.3 Å². The van der Waals surface area contributed by atoms with E-state index >= 15 is 0 Å². The molecule has 114 valence electrons. The predicted molar refractivity (Wildman–Crippen MR) is 83.2 cm³/mol. The number of carbonyl (C=O) groups excluding carboxylic acids is 2. The lowest BCUT2D eigenvalue weighted by atomic mass is 9.79. The van der Waals surface area contributed by atoms with Crippen LogP contribution in [0.2, 0.25) is 0 Å². The number of nitrogens with one attached hydrogen (secondary N) is 3. The van der Waals surface area contributed by atoms with E-state index in [2.05, 4.69) is 16.0 Å². The summed E-state index contributed by atoms with van der Waals surface area (Å²) >= 11 is 6.67. The zero-order valence-corrected chi connectivity index (χ0v) is 12.3. The number of rotatable bonds is 3. The van der Waals surface area contributed by atoms with Crippen molar-refractivity contribution in [2.75, 3.05) is 0 Å². The Balaban J connectivity index is 2.06. The van der Waals surface area contributed by atoms with Crippen molar-refractivity contribution in [3.05, 3.63) is 59.8 Å². The van der Waals surface area contributed by atoms with Gasteiger partial charge in [0.15, 0.2) is 0 Å². The van der Waals surface area contributed by atoms with Crippen LogP contribution in [0.3, 0.4) is 0 Å². The summed E-state index contributed by atoms with van der Waals surface area (Å²) < 4.78 is 0. The van der Waals surface area contributed by atoms with Gasteiger partial charge in [-0.05, 0) is 11.6 Å². The van der Waals surface area contributed by atoms with Gasteiger partial charge in [0, 0.05) is 5.70 Å². The maximum Gasteiger partial charge on any atom is 0.319 e. The Hall–Kier alpha value is -2.47. The van der Waals surface area contributed by atoms with Gasteiger partial charge in [0.1, 0.15) is 5.54 Å². The zero-order chi connectivity index (χ0) is 15.7. The number of nitrogens with two attached hydrogens (primary N) is 1. The Morgan fingerprint density at radius 1 is 1.36 bits per heavy atom. The number of alkyl halides is 1. The molecule has 1 saturated heterocycles. The molecular formula is C15H15ClN4O2. The quantitative estimate of drug-likeness (QED) is 0.636. The molecule has 0 aromatic heterocycles. The highest BCUT2D eigenvalue weighted by atomic mass is 35.5. The van der Waals surface area contributed by atoms with Crippen LogP contribution in [0.5, 0.6) is 0 Å². The predicted octanol–water partition coefficient (Wildman–Crippen LogP) is 1.51. The van der Waals surface area contributed by atoms with E-state index in [0.29, 0.717) is 5.70 Å². The van der Waals surface area contributed by atoms with E-state index in [1.165, 1.54) is 0 Å². The largest absolute Gasteiger partial charge is 0.352 e. The molecule has 1 fully saturated rings. The lowest BCUT2D eigenvalue weighted by molar-refractivity contribution is 0.229. The van der Waals surface area contributed by atoms with Crippen LogP contribution in [0.1, 0.15) is 10.9 Å². The SMILES string of the molecule is NC(=O)NC1(C(Cl)c2ccccc2)C=CC=C2NC(=O)NC21. The molecule has 0 bridgehead atoms. The van der Waals surface area contributed by atoms with E-state index in [-0.39, 0.29) is 6.03 Å². The first kappa shape index (κ1) is 14.5. The maximum absolute atomic E-state index is 11.7. The van der Waals surface area contributed by atoms with Gasteiger partial charge in [0.2, 0.25) is 0 Å². The summed E-state index contributed by atoms with van der Waals surface area (Å²) in [6.45, 7) is 0. The normalized spacial score (nSPS) is 27.2. The van der Waals surface area contributed by atoms with Gasteiger partial charge < -0.3 is 21.7 Å². The van der Waals surface area contributed by atoms with Crippen LogP contribution in [-0.2, 0) is 0 Å². The number of urea groups is 2. The summed E-state index contributed by atoms with van der Waals surface area (Å²) in [5.41, 5.74) is 5.74. The molecule has 3 unspecified atom stereocenters. The number of hydrogen-bond acceptors (Lipinski definition) is 2. The summed E-state index contributed by atoms with van der Waals surface area (Å²) in [5, 5.41) is 7.57. The Labute approximate surface area is 132 Å². The van der Waals surface area contributed by atoms with Crippen molar-refractivity contribution >= 4 is 23.7 Å². The Bertz CT molecular complexity index is 673. The first-order chi connectivity index (χ1) is 10.5. The third-order valence-electron chi connectivity index (χ3n) is 3.82. The van der Waals surface area contributed by atoms with Gasteiger partial charge in [-0.1, -0.05) is 42.5 Å². The average Bonchev–Trinajstić information content (AvgIpc) is 2.88. The Morgan fingerprint density at radius 3 is 2.77 bits per heavy atom. The van der Waals surface area contributed by atoms with Gasteiger partial charge in [-0.15, -0.1) is 11.6 Å². The van der Waals surface area contributed by atoms with Gasteiger partial charge >= 0.3 is 12.1 Å². The molecule has 1 aromatic carbocycles. The number of amides is 4. The standard InChI is InChI=1S/C15H15ClN4O2/c16-11(9-5-2-1-3-6-9)15(20-13(17)21)8-4-7-10-12(15)19-14(22)18-10/h1-8,11-12H,(H3,17,20,21)(H2,18,19,22). The number of primary amides is 1. The van der Waals surface area contributed by atoms with Gasteiger partial charge in [-0.25, -0.2) is 9.59 Å². The molecule has 1 aromatic rings. The third kappa shape index (κ3) is 2.31. The fourth-order valence-corrected chi connectivity index (χ4v) is 3.29. The van der Waals surface area contributed by atoms with Crippen LogP contribution < -0.4 is 21.7 Å². The van der Waals surface area contributed by atoms with Crippen LogP contribution in [0.4, 0.5) is 9.59 Å². The molecule has 3 atom stereocenters. The smallest absolute Gasteiger partial charge is 0.319 e. The molecular weight excluding hydrogens is 304 g/mol. The van der Waals surface area contributed by atoms with Crippen molar-refractivity contribution < 1.29 is 9.59 Å². The number of benzene rings is 1. The molecule has 1 aliphatic heterocycles. The zero-order valence-electron chi connectivity index (χ0n) is 11.5. The van der Waals surface area contributed by atoms with E-state index in [1.54, 1.807) is 18.2 Å². The molecule has 0 radical (unpaired) electrons. The van der Waals surface area contributed by atoms with Crippen LogP contribution in [-0.4, -0.2) is 23.6 Å². The summed E-state index contributed by atoms with van der Waals surface area (Å²) in [6.07, 6.45) is 5.26. The molecule has 0 saturated carbocycles. The number of hydrogen-bond donors (Lipinski definition) is 4. The van der Waals surface area contributed by atoms with Crippen molar-refractivity contribution in [1.82, 2.24) is 16.0 Å². The van der Waals surface area contributed by atoms with E-state index < -0.39 is 23.0 Å². The van der Waals surface area contributed by atoms with Gasteiger partial charge in [0.05, 0.1) is 11.4 Å². The topological polar surface area (TPSA) is 96.2 Å². The summed E-state index contributed by atoms with van der Waals surface area (Å²) in [4.78, 5) is 23.2. The highest BCUT2D eigenvalue weighted by molar-refractivity contribution is 6.22. The van der Waals surface area contributed by atoms with Gasteiger partial charge in [0.25, 0.3) is 0 Å². The average molecular weight is 319 g/mol. The second-order valence-corrected chi connectivity index (χ2v) is 5.64. The Kier molecular flexibility index (Phi) is 3.54. The molecule has 1 heterocycles. The molecule has 3 rings (SSSR count). The van der Waals surface area contributed by atoms with Crippen LogP contribution in [0.25, 0.3) is 0 Å². The molecule has 4 amide bonds. The van der Waals surface area contributed by atoms with Crippen molar-refractivity contribution in [1.29, 1.82) is 0 Å². The molecule has 0 spiro atoms. The minimum absolute atomic E-state index is 0.340. The number of allylic oxidation sites excluding steroid dienone is 2. The lowest BCUT2D eigenvalue weighted by Crippen LogP contribution is -2.63. The van der Waals surface area contributed by atoms with Gasteiger partial charge in [-0.2, -0.15) is 0 Å². The highest BCUT2D eigenvalue weighted by Gasteiger charge is 2.50. The first-order valence-electron chi connectivity index (χ1n) is 6.76. The van der Waals surface area contributed by atoms with Crippen molar-refractivity contribution in [2.24, 2.45) is 5.73 Å². The van der Waals surface area contributed by atoms with Gasteiger partial charge in [-0.3, -0.25) is 0 Å². The van der Waals surface area contributed by atoms with E-state index in [4.69, 9.17) is 17.3 Å². The number of carbonyl (C=O) groups is 2. The minimum Gasteiger partial charge on any atom is -0.352 e. The van der Waals surface area contributed by atoms with E-state index in [1.807, 2.05) is 30.3 Å². The Morgan fingerprint density at radius 2 is 2.09 bits per heavy atom. The monoisotopic (exact) mass is 318 g/mol. The third-order valence-corrected chi connectivity index (χ3v) is 4.43. The molecule has 7 heteroatoms. The maximum atomic E-state index is 11.7. The first-order valence-corrected chi connectivity index (χ1v) is 7.20. The van der Waals surface area contributed by atoms with Crippen LogP contribution >= 0.6 is 11.6 Å². The highest BCUT2D eigenvalue weighted by Crippen LogP contribution is 2.40. The fraction of sp³-hybridized carbons (Fsp3) is 0.200. The number of halogens is 1. The molecule has 6 nitrogen and oxygen atoms in total. The van der Waals surface area contributed by atoms with Crippen molar-refractivity contribution in [3.63, 3.8) is 0 Å².